The molecule has 0 aliphatic heterocycles. The molecule has 1 rings (SSSR count). The van der Waals surface area contributed by atoms with Crippen molar-refractivity contribution in [2.75, 3.05) is 7.11 Å². The molecule has 1 aromatic carbocycles. The second kappa shape index (κ2) is 5.98. The van der Waals surface area contributed by atoms with Gasteiger partial charge in [0, 0.05) is 5.56 Å². The van der Waals surface area contributed by atoms with Crippen molar-refractivity contribution >= 4 is 17.6 Å². The van der Waals surface area contributed by atoms with Crippen LogP contribution < -0.4 is 0 Å². The van der Waals surface area contributed by atoms with Gasteiger partial charge in [0.15, 0.2) is 0 Å². The van der Waals surface area contributed by atoms with Gasteiger partial charge in [-0.3, -0.25) is 4.79 Å². The van der Waals surface area contributed by atoms with E-state index in [4.69, 9.17) is 11.6 Å². The van der Waals surface area contributed by atoms with Gasteiger partial charge in [-0.15, -0.1) is 0 Å². The molecule has 0 aliphatic rings. The molecular formula is C12H14ClFO3. The van der Waals surface area contributed by atoms with Crippen molar-refractivity contribution in [3.05, 3.63) is 34.6 Å². The molecule has 17 heavy (non-hydrogen) atoms. The number of carbonyl (C=O) groups excluding carboxylic acids is 1. The van der Waals surface area contributed by atoms with Crippen LogP contribution >= 0.6 is 11.6 Å². The van der Waals surface area contributed by atoms with Gasteiger partial charge in [0.25, 0.3) is 0 Å². The number of rotatable bonds is 4. The van der Waals surface area contributed by atoms with Crippen LogP contribution in [0.4, 0.5) is 4.39 Å². The Hall–Kier alpha value is -1.13. The Balaban J connectivity index is 2.85. The largest absolute Gasteiger partial charge is 0.469 e. The van der Waals surface area contributed by atoms with Gasteiger partial charge in [-0.2, -0.15) is 0 Å². The highest BCUT2D eigenvalue weighted by Crippen LogP contribution is 2.29. The van der Waals surface area contributed by atoms with Gasteiger partial charge in [0.2, 0.25) is 0 Å². The van der Waals surface area contributed by atoms with Crippen molar-refractivity contribution in [3.63, 3.8) is 0 Å². The zero-order chi connectivity index (χ0) is 13.0. The lowest BCUT2D eigenvalue weighted by Crippen LogP contribution is -2.16. The van der Waals surface area contributed by atoms with Gasteiger partial charge in [0.1, 0.15) is 5.82 Å². The lowest BCUT2D eigenvalue weighted by Gasteiger charge is -2.18. The Morgan fingerprint density at radius 3 is 2.82 bits per heavy atom. The molecular weight excluding hydrogens is 247 g/mol. The number of esters is 1. The SMILES string of the molecule is COC(=O)CC(C)C(O)c1cccc(Cl)c1F. The number of carbonyl (C=O) groups is 1. The van der Waals surface area contributed by atoms with Gasteiger partial charge in [0.05, 0.1) is 24.7 Å². The summed E-state index contributed by atoms with van der Waals surface area (Å²) in [4.78, 5) is 11.1. The first-order valence-corrected chi connectivity index (χ1v) is 5.54. The van der Waals surface area contributed by atoms with Crippen LogP contribution in [0.3, 0.4) is 0 Å². The summed E-state index contributed by atoms with van der Waals surface area (Å²) in [5.74, 6) is -1.55. The van der Waals surface area contributed by atoms with Gasteiger partial charge >= 0.3 is 5.97 Å². The number of aliphatic hydroxyl groups excluding tert-OH is 1. The maximum atomic E-state index is 13.6. The number of benzene rings is 1. The van der Waals surface area contributed by atoms with E-state index in [0.717, 1.165) is 0 Å². The first-order valence-electron chi connectivity index (χ1n) is 5.16. The molecule has 0 saturated heterocycles. The van der Waals surface area contributed by atoms with Crippen molar-refractivity contribution in [2.24, 2.45) is 5.92 Å². The fourth-order valence-electron chi connectivity index (χ4n) is 1.51. The van der Waals surface area contributed by atoms with Gasteiger partial charge in [-0.05, 0) is 12.0 Å². The van der Waals surface area contributed by atoms with E-state index in [1.165, 1.54) is 19.2 Å². The highest BCUT2D eigenvalue weighted by molar-refractivity contribution is 6.30. The number of aliphatic hydroxyl groups is 1. The molecule has 3 nitrogen and oxygen atoms in total. The van der Waals surface area contributed by atoms with Crippen LogP contribution in [-0.2, 0) is 9.53 Å². The molecule has 0 amide bonds. The van der Waals surface area contributed by atoms with Crippen LogP contribution in [-0.4, -0.2) is 18.2 Å². The van der Waals surface area contributed by atoms with Crippen LogP contribution in [0.25, 0.3) is 0 Å². The monoisotopic (exact) mass is 260 g/mol. The Morgan fingerprint density at radius 2 is 2.24 bits per heavy atom. The molecule has 0 heterocycles. The van der Waals surface area contributed by atoms with Gasteiger partial charge < -0.3 is 9.84 Å². The normalized spacial score (nSPS) is 14.2. The third-order valence-corrected chi connectivity index (χ3v) is 2.85. The van der Waals surface area contributed by atoms with Crippen LogP contribution in [0.5, 0.6) is 0 Å². The third-order valence-electron chi connectivity index (χ3n) is 2.56. The van der Waals surface area contributed by atoms with E-state index in [1.807, 2.05) is 0 Å². The summed E-state index contributed by atoms with van der Waals surface area (Å²) in [5.41, 5.74) is 0.0916. The molecule has 5 heteroatoms. The molecule has 2 atom stereocenters. The van der Waals surface area contributed by atoms with E-state index in [1.54, 1.807) is 13.0 Å². The Bertz CT molecular complexity index is 409. The summed E-state index contributed by atoms with van der Waals surface area (Å²) in [5, 5.41) is 9.88. The summed E-state index contributed by atoms with van der Waals surface area (Å²) in [6.07, 6.45) is -1.07. The lowest BCUT2D eigenvalue weighted by atomic mass is 9.94. The number of ether oxygens (including phenoxy) is 1. The molecule has 0 aromatic heterocycles. The molecule has 0 aliphatic carbocycles. The van der Waals surface area contributed by atoms with E-state index >= 15 is 0 Å². The first kappa shape index (κ1) is 13.9. The molecule has 94 valence electrons. The van der Waals surface area contributed by atoms with E-state index in [9.17, 15) is 14.3 Å². The van der Waals surface area contributed by atoms with Crippen LogP contribution in [0.2, 0.25) is 5.02 Å². The topological polar surface area (TPSA) is 46.5 Å². The zero-order valence-electron chi connectivity index (χ0n) is 9.61. The van der Waals surface area contributed by atoms with Crippen molar-refractivity contribution < 1.29 is 19.0 Å². The van der Waals surface area contributed by atoms with Crippen LogP contribution in [0, 0.1) is 11.7 Å². The number of hydrogen-bond donors (Lipinski definition) is 1. The molecule has 0 radical (unpaired) electrons. The average molecular weight is 261 g/mol. The van der Waals surface area contributed by atoms with Gasteiger partial charge in [-0.1, -0.05) is 30.7 Å². The molecule has 2 unspecified atom stereocenters. The van der Waals surface area contributed by atoms with Crippen LogP contribution in [0.15, 0.2) is 18.2 Å². The first-order chi connectivity index (χ1) is 7.97. The Kier molecular flexibility index (Phi) is 4.90. The van der Waals surface area contributed by atoms with Crippen molar-refractivity contribution in [1.29, 1.82) is 0 Å². The Morgan fingerprint density at radius 1 is 1.59 bits per heavy atom. The average Bonchev–Trinajstić information content (AvgIpc) is 2.31. The minimum absolute atomic E-state index is 0.0175. The second-order valence-electron chi connectivity index (χ2n) is 3.85. The fourth-order valence-corrected chi connectivity index (χ4v) is 1.70. The summed E-state index contributed by atoms with van der Waals surface area (Å²) < 4.78 is 18.1. The minimum atomic E-state index is -1.09. The number of halogens is 2. The quantitative estimate of drug-likeness (QED) is 0.847. The Labute approximate surface area is 104 Å². The third kappa shape index (κ3) is 3.41. The second-order valence-corrected chi connectivity index (χ2v) is 4.25. The summed E-state index contributed by atoms with van der Waals surface area (Å²) in [6, 6.07) is 4.40. The fraction of sp³-hybridized carbons (Fsp3) is 0.417. The standard InChI is InChI=1S/C12H14ClFO3/c1-7(6-10(15)17-2)12(16)8-4-3-5-9(13)11(8)14/h3-5,7,12,16H,6H2,1-2H3. The predicted molar refractivity (Wildman–Crippen MR) is 62.2 cm³/mol. The highest BCUT2D eigenvalue weighted by Gasteiger charge is 2.23. The van der Waals surface area contributed by atoms with E-state index < -0.39 is 23.8 Å². The van der Waals surface area contributed by atoms with E-state index in [0.29, 0.717) is 0 Å². The molecule has 0 spiro atoms. The number of methoxy groups -OCH3 is 1. The zero-order valence-corrected chi connectivity index (χ0v) is 10.4. The molecule has 0 bridgehead atoms. The maximum absolute atomic E-state index is 13.6. The van der Waals surface area contributed by atoms with Gasteiger partial charge in [-0.25, -0.2) is 4.39 Å². The molecule has 0 saturated carbocycles. The van der Waals surface area contributed by atoms with Crippen molar-refractivity contribution in [3.8, 4) is 0 Å². The van der Waals surface area contributed by atoms with E-state index in [2.05, 4.69) is 4.74 Å². The van der Waals surface area contributed by atoms with Crippen molar-refractivity contribution in [1.82, 2.24) is 0 Å². The maximum Gasteiger partial charge on any atom is 0.305 e. The summed E-state index contributed by atoms with van der Waals surface area (Å²) >= 11 is 5.62. The highest BCUT2D eigenvalue weighted by atomic mass is 35.5. The molecule has 0 fully saturated rings. The van der Waals surface area contributed by atoms with Crippen molar-refractivity contribution in [2.45, 2.75) is 19.4 Å². The minimum Gasteiger partial charge on any atom is -0.469 e. The smallest absolute Gasteiger partial charge is 0.305 e. The number of hydrogen-bond acceptors (Lipinski definition) is 3. The summed E-state index contributed by atoms with van der Waals surface area (Å²) in [7, 11) is 1.27. The predicted octanol–water partition coefficient (Wildman–Crippen LogP) is 2.71. The van der Waals surface area contributed by atoms with E-state index in [-0.39, 0.29) is 17.0 Å². The van der Waals surface area contributed by atoms with Crippen LogP contribution in [0.1, 0.15) is 25.0 Å². The molecule has 1 aromatic rings. The summed E-state index contributed by atoms with van der Waals surface area (Å²) in [6.45, 7) is 1.64. The lowest BCUT2D eigenvalue weighted by molar-refractivity contribution is -0.142. The molecule has 1 N–H and O–H groups in total.